The molecule has 0 spiro atoms. The van der Waals surface area contributed by atoms with Gasteiger partial charge in [0.05, 0.1) is 0 Å². The predicted molar refractivity (Wildman–Crippen MR) is 29.2 cm³/mol. The first kappa shape index (κ1) is 6.92. The fourth-order valence-electron chi connectivity index (χ4n) is 0.316. The van der Waals surface area contributed by atoms with E-state index in [4.69, 9.17) is 5.11 Å². The molecule has 0 amide bonds. The van der Waals surface area contributed by atoms with Crippen molar-refractivity contribution in [2.45, 2.75) is 13.3 Å². The van der Waals surface area contributed by atoms with Crippen LogP contribution in [0.2, 0.25) is 0 Å². The molecule has 0 fully saturated rings. The average Bonchev–Trinajstić information content (AvgIpc) is 1.65. The Hall–Kier alpha value is -0.0800. The molecule has 0 aliphatic heterocycles. The van der Waals surface area contributed by atoms with Crippen molar-refractivity contribution in [1.29, 1.82) is 0 Å². The summed E-state index contributed by atoms with van der Waals surface area (Å²) < 4.78 is 0. The molecule has 7 heavy (non-hydrogen) atoms. The van der Waals surface area contributed by atoms with Crippen LogP contribution in [0.4, 0.5) is 0 Å². The van der Waals surface area contributed by atoms with Gasteiger partial charge in [-0.15, -0.1) is 0 Å². The minimum absolute atomic E-state index is 0.431. The Kier molecular flexibility index (Phi) is 2.96. The van der Waals surface area contributed by atoms with Gasteiger partial charge >= 0.3 is 0 Å². The van der Waals surface area contributed by atoms with Crippen molar-refractivity contribution in [3.63, 3.8) is 0 Å². The molecule has 0 saturated carbocycles. The highest BCUT2D eigenvalue weighted by molar-refractivity contribution is 4.66. The van der Waals surface area contributed by atoms with Crippen LogP contribution < -0.4 is 0 Å². The lowest BCUT2D eigenvalue weighted by Crippen LogP contribution is -2.17. The van der Waals surface area contributed by atoms with E-state index >= 15 is 0 Å². The van der Waals surface area contributed by atoms with Crippen LogP contribution in [0.5, 0.6) is 0 Å². The van der Waals surface area contributed by atoms with Gasteiger partial charge in [0.1, 0.15) is 0 Å². The lowest BCUT2D eigenvalue weighted by atomic mass is 10.4. The Bertz CT molecular complexity index is 45.3. The van der Waals surface area contributed by atoms with Crippen molar-refractivity contribution < 1.29 is 5.11 Å². The van der Waals surface area contributed by atoms with Gasteiger partial charge in [0.15, 0.2) is 6.23 Å². The van der Waals surface area contributed by atoms with Crippen molar-refractivity contribution in [1.82, 2.24) is 4.90 Å². The quantitative estimate of drug-likeness (QED) is 0.558. The van der Waals surface area contributed by atoms with Crippen LogP contribution >= 0.6 is 0 Å². The highest BCUT2D eigenvalue weighted by atomic mass is 16.3. The van der Waals surface area contributed by atoms with Gasteiger partial charge in [-0.2, -0.15) is 0 Å². The maximum Gasteiger partial charge on any atom is 0.160 e. The highest BCUT2D eigenvalue weighted by Gasteiger charge is 2.01. The van der Waals surface area contributed by atoms with Crippen molar-refractivity contribution >= 4 is 0 Å². The maximum atomic E-state index is 8.78. The van der Waals surface area contributed by atoms with Crippen LogP contribution in [0.1, 0.15) is 13.3 Å². The second-order valence-electron chi connectivity index (χ2n) is 1.66. The largest absolute Gasteiger partial charge is 0.371 e. The molecular formula is C5H12NO. The van der Waals surface area contributed by atoms with E-state index in [1.54, 1.807) is 4.90 Å². The minimum atomic E-state index is 0.431. The van der Waals surface area contributed by atoms with Crippen LogP contribution in [0.15, 0.2) is 0 Å². The SMILES string of the molecule is CC[C](O)N(C)C. The molecule has 2 heteroatoms. The first-order valence-electron chi connectivity index (χ1n) is 2.40. The molecule has 0 aliphatic carbocycles. The van der Waals surface area contributed by atoms with Crippen molar-refractivity contribution in [3.05, 3.63) is 6.23 Å². The summed E-state index contributed by atoms with van der Waals surface area (Å²) in [6.45, 7) is 1.91. The zero-order chi connectivity index (χ0) is 5.86. The second-order valence-corrected chi connectivity index (χ2v) is 1.66. The van der Waals surface area contributed by atoms with E-state index in [1.165, 1.54) is 0 Å². The Morgan fingerprint density at radius 2 is 2.00 bits per heavy atom. The van der Waals surface area contributed by atoms with Gasteiger partial charge in [-0.3, -0.25) is 4.90 Å². The van der Waals surface area contributed by atoms with Crippen molar-refractivity contribution in [2.75, 3.05) is 14.1 Å². The molecule has 0 bridgehead atoms. The Labute approximate surface area is 44.8 Å². The Balaban J connectivity index is 3.14. The van der Waals surface area contributed by atoms with Gasteiger partial charge < -0.3 is 5.11 Å². The molecule has 0 aromatic rings. The van der Waals surface area contributed by atoms with Crippen LogP contribution in [0, 0.1) is 6.23 Å². The van der Waals surface area contributed by atoms with E-state index < -0.39 is 0 Å². The summed E-state index contributed by atoms with van der Waals surface area (Å²) in [6.07, 6.45) is 1.15. The van der Waals surface area contributed by atoms with Gasteiger partial charge in [-0.05, 0) is 20.5 Å². The molecule has 0 atom stereocenters. The predicted octanol–water partition coefficient (Wildman–Crippen LogP) is 0.820. The number of hydrogen-bond donors (Lipinski definition) is 1. The molecule has 0 saturated heterocycles. The standard InChI is InChI=1S/C5H12NO/c1-4-5(7)6(2)3/h7H,4H2,1-3H3. The Morgan fingerprint density at radius 1 is 1.57 bits per heavy atom. The zero-order valence-electron chi connectivity index (χ0n) is 5.10. The van der Waals surface area contributed by atoms with Crippen LogP contribution in [-0.4, -0.2) is 24.1 Å². The number of aliphatic hydroxyl groups is 1. The van der Waals surface area contributed by atoms with E-state index in [0.717, 1.165) is 0 Å². The molecule has 0 aliphatic rings. The van der Waals surface area contributed by atoms with Gasteiger partial charge in [0.2, 0.25) is 0 Å². The average molecular weight is 102 g/mol. The molecule has 0 heterocycles. The monoisotopic (exact) mass is 102 g/mol. The van der Waals surface area contributed by atoms with Gasteiger partial charge in [-0.25, -0.2) is 0 Å². The molecule has 43 valence electrons. The smallest absolute Gasteiger partial charge is 0.160 e. The molecular weight excluding hydrogens is 90.1 g/mol. The minimum Gasteiger partial charge on any atom is -0.371 e. The molecule has 0 rings (SSSR count). The summed E-state index contributed by atoms with van der Waals surface area (Å²) in [7, 11) is 3.64. The summed E-state index contributed by atoms with van der Waals surface area (Å²) in [6, 6.07) is 0. The van der Waals surface area contributed by atoms with E-state index in [0.29, 0.717) is 12.6 Å². The fourth-order valence-corrected chi connectivity index (χ4v) is 0.316. The summed E-state index contributed by atoms with van der Waals surface area (Å²) >= 11 is 0. The van der Waals surface area contributed by atoms with Crippen molar-refractivity contribution in [3.8, 4) is 0 Å². The third kappa shape index (κ3) is 2.60. The second kappa shape index (κ2) is 2.99. The normalized spacial score (nSPS) is 11.1. The van der Waals surface area contributed by atoms with E-state index in [2.05, 4.69) is 0 Å². The van der Waals surface area contributed by atoms with Gasteiger partial charge in [-0.1, -0.05) is 6.92 Å². The van der Waals surface area contributed by atoms with E-state index in [1.807, 2.05) is 21.0 Å². The summed E-state index contributed by atoms with van der Waals surface area (Å²) in [5.41, 5.74) is 0. The van der Waals surface area contributed by atoms with Crippen LogP contribution in [-0.2, 0) is 0 Å². The molecule has 1 radical (unpaired) electrons. The highest BCUT2D eigenvalue weighted by Crippen LogP contribution is 2.00. The third-order valence-corrected chi connectivity index (χ3v) is 0.832. The number of hydrogen-bond acceptors (Lipinski definition) is 2. The molecule has 1 N–H and O–H groups in total. The van der Waals surface area contributed by atoms with E-state index in [-0.39, 0.29) is 0 Å². The zero-order valence-corrected chi connectivity index (χ0v) is 5.10. The topological polar surface area (TPSA) is 23.5 Å². The first-order valence-corrected chi connectivity index (χ1v) is 2.40. The number of nitrogens with zero attached hydrogens (tertiary/aromatic N) is 1. The molecule has 0 aromatic heterocycles. The summed E-state index contributed by atoms with van der Waals surface area (Å²) in [5, 5.41) is 8.78. The number of rotatable bonds is 2. The van der Waals surface area contributed by atoms with Crippen LogP contribution in [0.3, 0.4) is 0 Å². The third-order valence-electron chi connectivity index (χ3n) is 0.832. The van der Waals surface area contributed by atoms with Gasteiger partial charge in [0.25, 0.3) is 0 Å². The van der Waals surface area contributed by atoms with Crippen LogP contribution in [0.25, 0.3) is 0 Å². The molecule has 0 aromatic carbocycles. The summed E-state index contributed by atoms with van der Waals surface area (Å²) in [4.78, 5) is 1.69. The van der Waals surface area contributed by atoms with Gasteiger partial charge in [0, 0.05) is 0 Å². The van der Waals surface area contributed by atoms with E-state index in [9.17, 15) is 0 Å². The maximum absolute atomic E-state index is 8.78. The molecule has 0 unspecified atom stereocenters. The lowest BCUT2D eigenvalue weighted by Gasteiger charge is -2.13. The summed E-state index contributed by atoms with van der Waals surface area (Å²) in [5.74, 6) is 0. The molecule has 2 nitrogen and oxygen atoms in total. The lowest BCUT2D eigenvalue weighted by molar-refractivity contribution is 0.152. The first-order chi connectivity index (χ1) is 3.18. The van der Waals surface area contributed by atoms with Crippen molar-refractivity contribution in [2.24, 2.45) is 0 Å². The Morgan fingerprint density at radius 3 is 2.00 bits per heavy atom. The fraction of sp³-hybridized carbons (Fsp3) is 0.800. The number of aliphatic hydroxyl groups excluding tert-OH is 1.